The molecule has 0 aliphatic heterocycles. The van der Waals surface area contributed by atoms with Crippen LogP contribution in [0.4, 0.5) is 0 Å². The normalized spacial score (nSPS) is 31.4. The summed E-state index contributed by atoms with van der Waals surface area (Å²) < 4.78 is 4.72. The molecule has 0 heterocycles. The van der Waals surface area contributed by atoms with Crippen LogP contribution in [-0.2, 0) is 23.9 Å². The number of amides is 1. The number of ether oxygens (including phenoxy) is 1. The minimum Gasteiger partial charge on any atom is -0.507 e. The molecule has 0 radical (unpaired) electrons. The molecule has 0 bridgehead atoms. The fraction of sp³-hybridized carbons (Fsp3) is 0.333. The molecular formula is C30H28N2O10. The molecule has 2 aromatic carbocycles. The maximum absolute atomic E-state index is 14.2. The van der Waals surface area contributed by atoms with Gasteiger partial charge in [-0.25, -0.2) is 4.79 Å². The van der Waals surface area contributed by atoms with E-state index in [0.717, 1.165) is 0 Å². The topological polar surface area (TPSA) is 202 Å². The Morgan fingerprint density at radius 3 is 2.24 bits per heavy atom. The van der Waals surface area contributed by atoms with Gasteiger partial charge >= 0.3 is 5.97 Å². The van der Waals surface area contributed by atoms with E-state index < -0.39 is 82.2 Å². The van der Waals surface area contributed by atoms with E-state index in [-0.39, 0.29) is 22.3 Å². The van der Waals surface area contributed by atoms with Crippen molar-refractivity contribution in [2.45, 2.75) is 17.7 Å². The number of nitrogens with two attached hydrogens (primary N) is 1. The molecule has 1 amide bonds. The average molecular weight is 577 g/mol. The fourth-order valence-corrected chi connectivity index (χ4v) is 6.68. The molecule has 12 nitrogen and oxygen atoms in total. The number of carbonyl (C=O) groups is 6. The SMILES string of the molecule is COC(=O)c1ccc(/C=C2\c3cccc(O)c3C(=O)C3C(=O)[C@]4(O)C(=O)C(C(N)=O)C(=O)[C@@H](N(C)C)[C@@H]4[C@@H](O)[C@H]23)cc1. The van der Waals surface area contributed by atoms with E-state index >= 15 is 0 Å². The molecule has 2 fully saturated rings. The van der Waals surface area contributed by atoms with E-state index in [4.69, 9.17) is 10.5 Å². The van der Waals surface area contributed by atoms with Crippen LogP contribution in [-0.4, -0.2) is 94.2 Å². The smallest absolute Gasteiger partial charge is 0.337 e. The van der Waals surface area contributed by atoms with Gasteiger partial charge in [0.25, 0.3) is 0 Å². The van der Waals surface area contributed by atoms with Crippen LogP contribution in [0, 0.1) is 23.7 Å². The lowest BCUT2D eigenvalue weighted by molar-refractivity contribution is -0.192. The zero-order valence-corrected chi connectivity index (χ0v) is 22.8. The third kappa shape index (κ3) is 3.94. The number of carbonyl (C=O) groups excluding carboxylic acids is 6. The van der Waals surface area contributed by atoms with Crippen LogP contribution in [0.15, 0.2) is 42.5 Å². The van der Waals surface area contributed by atoms with E-state index in [9.17, 15) is 44.1 Å². The first kappa shape index (κ1) is 29.0. The van der Waals surface area contributed by atoms with Crippen LogP contribution in [0.1, 0.15) is 31.8 Å². The molecule has 0 aromatic heterocycles. The minimum atomic E-state index is -3.10. The Hall–Kier alpha value is -4.52. The lowest BCUT2D eigenvalue weighted by Crippen LogP contribution is -2.77. The van der Waals surface area contributed by atoms with Gasteiger partial charge in [-0.3, -0.25) is 28.9 Å². The summed E-state index contributed by atoms with van der Waals surface area (Å²) in [4.78, 5) is 80.2. The van der Waals surface area contributed by atoms with E-state index in [1.54, 1.807) is 18.2 Å². The number of aliphatic hydroxyl groups excluding tert-OH is 1. The summed E-state index contributed by atoms with van der Waals surface area (Å²) in [5.74, 6) is -14.3. The van der Waals surface area contributed by atoms with Gasteiger partial charge in [-0.05, 0) is 49.0 Å². The zero-order valence-electron chi connectivity index (χ0n) is 22.8. The molecule has 2 unspecified atom stereocenters. The van der Waals surface area contributed by atoms with Crippen LogP contribution in [0.25, 0.3) is 11.6 Å². The molecule has 2 saturated carbocycles. The van der Waals surface area contributed by atoms with Crippen molar-refractivity contribution in [2.24, 2.45) is 29.4 Å². The summed E-state index contributed by atoms with van der Waals surface area (Å²) in [6.07, 6.45) is -0.278. The van der Waals surface area contributed by atoms with Gasteiger partial charge in [-0.1, -0.05) is 30.3 Å². The molecule has 7 atom stereocenters. The molecule has 218 valence electrons. The Bertz CT molecular complexity index is 1590. The second kappa shape index (κ2) is 10.1. The highest BCUT2D eigenvalue weighted by atomic mass is 16.5. The van der Waals surface area contributed by atoms with Gasteiger partial charge in [0.15, 0.2) is 34.7 Å². The van der Waals surface area contributed by atoms with Crippen molar-refractivity contribution in [1.82, 2.24) is 4.90 Å². The zero-order chi connectivity index (χ0) is 30.8. The minimum absolute atomic E-state index is 0.195. The van der Waals surface area contributed by atoms with Crippen LogP contribution in [0.2, 0.25) is 0 Å². The second-order valence-corrected chi connectivity index (χ2v) is 10.9. The summed E-state index contributed by atoms with van der Waals surface area (Å²) in [6.45, 7) is 0. The van der Waals surface area contributed by atoms with Crippen molar-refractivity contribution in [2.75, 3.05) is 21.2 Å². The number of aromatic hydroxyl groups is 1. The molecule has 3 aliphatic carbocycles. The number of rotatable bonds is 4. The van der Waals surface area contributed by atoms with Gasteiger partial charge in [0.1, 0.15) is 5.75 Å². The fourth-order valence-electron chi connectivity index (χ4n) is 6.68. The monoisotopic (exact) mass is 576 g/mol. The van der Waals surface area contributed by atoms with Crippen molar-refractivity contribution in [3.63, 3.8) is 0 Å². The number of Topliss-reactive ketones (excluding diaryl/α,β-unsaturated/α-hetero) is 4. The number of esters is 1. The summed E-state index contributed by atoms with van der Waals surface area (Å²) in [7, 11) is 4.06. The number of phenols is 1. The van der Waals surface area contributed by atoms with Crippen molar-refractivity contribution >= 4 is 46.7 Å². The number of fused-ring (bicyclic) bond motifs is 3. The van der Waals surface area contributed by atoms with Gasteiger partial charge in [0, 0.05) is 5.92 Å². The van der Waals surface area contributed by atoms with E-state index in [2.05, 4.69) is 0 Å². The van der Waals surface area contributed by atoms with Crippen LogP contribution >= 0.6 is 0 Å². The first-order valence-electron chi connectivity index (χ1n) is 13.0. The predicted octanol–water partition coefficient (Wildman–Crippen LogP) is -0.377. The van der Waals surface area contributed by atoms with Gasteiger partial charge in [0.2, 0.25) is 5.91 Å². The molecular weight excluding hydrogens is 548 g/mol. The Balaban J connectivity index is 1.76. The Morgan fingerprint density at radius 2 is 1.67 bits per heavy atom. The van der Waals surface area contributed by atoms with Crippen molar-refractivity contribution in [1.29, 1.82) is 0 Å². The van der Waals surface area contributed by atoms with Crippen molar-refractivity contribution in [3.05, 3.63) is 64.7 Å². The third-order valence-corrected chi connectivity index (χ3v) is 8.53. The number of methoxy groups -OCH3 is 1. The molecule has 3 aliphatic rings. The van der Waals surface area contributed by atoms with Gasteiger partial charge < -0.3 is 25.8 Å². The lowest BCUT2D eigenvalue weighted by Gasteiger charge is -2.55. The predicted molar refractivity (Wildman–Crippen MR) is 145 cm³/mol. The first-order chi connectivity index (χ1) is 19.8. The third-order valence-electron chi connectivity index (χ3n) is 8.53. The van der Waals surface area contributed by atoms with Gasteiger partial charge in [0.05, 0.1) is 42.2 Å². The quantitative estimate of drug-likeness (QED) is 0.273. The van der Waals surface area contributed by atoms with Crippen LogP contribution in [0.5, 0.6) is 5.75 Å². The molecule has 0 saturated heterocycles. The van der Waals surface area contributed by atoms with E-state index in [1.165, 1.54) is 56.4 Å². The number of likely N-dealkylation sites (N-methyl/N-ethyl adjacent to an activating group) is 1. The summed E-state index contributed by atoms with van der Waals surface area (Å²) in [6, 6.07) is 8.82. The highest BCUT2D eigenvalue weighted by Gasteiger charge is 2.72. The van der Waals surface area contributed by atoms with E-state index in [0.29, 0.717) is 5.56 Å². The van der Waals surface area contributed by atoms with Crippen molar-refractivity contribution in [3.8, 4) is 5.75 Å². The number of aliphatic hydroxyl groups is 2. The Morgan fingerprint density at radius 1 is 1.02 bits per heavy atom. The number of nitrogens with zero attached hydrogens (tertiary/aromatic N) is 1. The second-order valence-electron chi connectivity index (χ2n) is 10.9. The molecule has 5 rings (SSSR count). The first-order valence-corrected chi connectivity index (χ1v) is 13.0. The number of primary amides is 1. The molecule has 2 aromatic rings. The number of hydrogen-bond acceptors (Lipinski definition) is 11. The lowest BCUT2D eigenvalue weighted by atomic mass is 9.50. The highest BCUT2D eigenvalue weighted by molar-refractivity contribution is 6.33. The summed E-state index contributed by atoms with van der Waals surface area (Å²) >= 11 is 0. The maximum Gasteiger partial charge on any atom is 0.337 e. The number of benzene rings is 2. The largest absolute Gasteiger partial charge is 0.507 e. The molecule has 5 N–H and O–H groups in total. The maximum atomic E-state index is 14.2. The Kier molecular flexibility index (Phi) is 6.96. The summed E-state index contributed by atoms with van der Waals surface area (Å²) in [5, 5.41) is 34.4. The van der Waals surface area contributed by atoms with Crippen LogP contribution < -0.4 is 5.73 Å². The van der Waals surface area contributed by atoms with Crippen LogP contribution in [0.3, 0.4) is 0 Å². The summed E-state index contributed by atoms with van der Waals surface area (Å²) in [5.41, 5.74) is 3.12. The average Bonchev–Trinajstić information content (AvgIpc) is 2.94. The molecule has 42 heavy (non-hydrogen) atoms. The number of phenolic OH excluding ortho intramolecular Hbond substituents is 1. The number of ketones is 4. The highest BCUT2D eigenvalue weighted by Crippen LogP contribution is 2.54. The van der Waals surface area contributed by atoms with E-state index in [1.807, 2.05) is 0 Å². The standard InChI is InChI=1S/C30H28N2O10/c1-32(2)22-21-24(35)18-15(11-12-7-9-13(10-8-12)29(40)42-3)14-5-4-6-16(33)17(14)23(34)19(18)26(37)30(21,41)27(38)20(25(22)36)28(31)39/h4-11,18-22,24,33,35,41H,1-3H3,(H2,31,39)/b15-11+/t18-,19?,20?,21-,22+,24+,30+/m1/s1. The number of hydrogen-bond donors (Lipinski definition) is 4. The molecule has 12 heteroatoms. The molecule has 0 spiro atoms. The van der Waals surface area contributed by atoms with Crippen molar-refractivity contribution < 1.29 is 48.8 Å². The van der Waals surface area contributed by atoms with Gasteiger partial charge in [-0.2, -0.15) is 0 Å². The Labute approximate surface area is 239 Å². The van der Waals surface area contributed by atoms with Gasteiger partial charge in [-0.15, -0.1) is 0 Å².